The normalized spacial score (nSPS) is 17.7. The maximum absolute atomic E-state index is 5.77. The van der Waals surface area contributed by atoms with Crippen LogP contribution < -0.4 is 11.2 Å². The third-order valence-electron chi connectivity index (χ3n) is 2.90. The van der Waals surface area contributed by atoms with E-state index >= 15 is 0 Å². The van der Waals surface area contributed by atoms with Crippen LogP contribution in [0.15, 0.2) is 18.2 Å². The number of nitrogens with zero attached hydrogens (tertiary/aromatic N) is 1. The van der Waals surface area contributed by atoms with Crippen LogP contribution in [0.5, 0.6) is 0 Å². The summed E-state index contributed by atoms with van der Waals surface area (Å²) >= 11 is 0. The molecule has 0 radical (unpaired) electrons. The maximum Gasteiger partial charge on any atom is 0.0539 e. The Hall–Kier alpha value is -1.22. The molecule has 2 rings (SSSR count). The predicted octanol–water partition coefficient (Wildman–Crippen LogP) is 2.39. The van der Waals surface area contributed by atoms with Gasteiger partial charge in [-0.1, -0.05) is 12.5 Å². The minimum absolute atomic E-state index is 0.820. The van der Waals surface area contributed by atoms with Gasteiger partial charge in [-0.2, -0.15) is 0 Å². The zero-order chi connectivity index (χ0) is 10.7. The lowest BCUT2D eigenvalue weighted by Crippen LogP contribution is -2.35. The lowest BCUT2D eigenvalue weighted by molar-refractivity contribution is 0.273. The average Bonchev–Trinajstić information content (AvgIpc) is 2.25. The van der Waals surface area contributed by atoms with Gasteiger partial charge in [0.1, 0.15) is 0 Å². The Balaban J connectivity index is 2.05. The van der Waals surface area contributed by atoms with E-state index in [4.69, 9.17) is 5.73 Å². The van der Waals surface area contributed by atoms with Crippen molar-refractivity contribution in [2.24, 2.45) is 0 Å². The van der Waals surface area contributed by atoms with E-state index in [1.54, 1.807) is 0 Å². The third kappa shape index (κ3) is 2.63. The monoisotopic (exact) mass is 205 g/mol. The molecule has 3 N–H and O–H groups in total. The van der Waals surface area contributed by atoms with Crippen molar-refractivity contribution in [3.8, 4) is 0 Å². The molecule has 3 nitrogen and oxygen atoms in total. The molecule has 0 saturated carbocycles. The number of nitrogens with two attached hydrogens (primary N) is 1. The van der Waals surface area contributed by atoms with Crippen LogP contribution >= 0.6 is 0 Å². The van der Waals surface area contributed by atoms with Crippen LogP contribution in [0.1, 0.15) is 24.8 Å². The topological polar surface area (TPSA) is 41.3 Å². The van der Waals surface area contributed by atoms with Gasteiger partial charge in [0, 0.05) is 18.8 Å². The largest absolute Gasteiger partial charge is 0.399 e. The van der Waals surface area contributed by atoms with Crippen molar-refractivity contribution in [3.05, 3.63) is 23.8 Å². The molecule has 0 aliphatic carbocycles. The Kier molecular flexibility index (Phi) is 3.11. The fourth-order valence-electron chi connectivity index (χ4n) is 1.94. The Morgan fingerprint density at radius 1 is 1.20 bits per heavy atom. The Morgan fingerprint density at radius 3 is 2.67 bits per heavy atom. The molecule has 3 heteroatoms. The van der Waals surface area contributed by atoms with Gasteiger partial charge in [-0.25, -0.2) is 5.01 Å². The van der Waals surface area contributed by atoms with Gasteiger partial charge in [-0.3, -0.25) is 0 Å². The van der Waals surface area contributed by atoms with Crippen LogP contribution in [0.3, 0.4) is 0 Å². The van der Waals surface area contributed by atoms with Gasteiger partial charge < -0.3 is 11.2 Å². The summed E-state index contributed by atoms with van der Waals surface area (Å²) in [6.45, 7) is 4.37. The average molecular weight is 205 g/mol. The number of aryl methyl sites for hydroxylation is 1. The molecular formula is C12H19N3. The summed E-state index contributed by atoms with van der Waals surface area (Å²) in [4.78, 5) is 0. The molecule has 82 valence electrons. The quantitative estimate of drug-likeness (QED) is 0.728. The standard InChI is InChI=1S/C12H19N3/c1-10-5-6-11(13)9-12(10)14-15-7-3-2-4-8-15/h5-6,9,14H,2-4,7-8,13H2,1H3. The van der Waals surface area contributed by atoms with Gasteiger partial charge in [0.05, 0.1) is 5.69 Å². The molecule has 1 aromatic rings. The summed E-state index contributed by atoms with van der Waals surface area (Å²) in [6, 6.07) is 6.00. The predicted molar refractivity (Wildman–Crippen MR) is 64.6 cm³/mol. The van der Waals surface area contributed by atoms with Crippen LogP contribution in [-0.4, -0.2) is 18.1 Å². The molecule has 1 saturated heterocycles. The fourth-order valence-corrected chi connectivity index (χ4v) is 1.94. The van der Waals surface area contributed by atoms with Crippen molar-refractivity contribution in [2.75, 3.05) is 24.2 Å². The maximum atomic E-state index is 5.77. The molecule has 1 heterocycles. The molecule has 15 heavy (non-hydrogen) atoms. The van der Waals surface area contributed by atoms with Gasteiger partial charge in [-0.05, 0) is 37.5 Å². The third-order valence-corrected chi connectivity index (χ3v) is 2.90. The number of hydrogen-bond donors (Lipinski definition) is 2. The molecule has 1 fully saturated rings. The highest BCUT2D eigenvalue weighted by Crippen LogP contribution is 2.20. The summed E-state index contributed by atoms with van der Waals surface area (Å²) in [5.74, 6) is 0. The first-order valence-electron chi connectivity index (χ1n) is 5.63. The van der Waals surface area contributed by atoms with E-state index in [-0.39, 0.29) is 0 Å². The van der Waals surface area contributed by atoms with Crippen molar-refractivity contribution in [1.29, 1.82) is 0 Å². The van der Waals surface area contributed by atoms with Crippen molar-refractivity contribution < 1.29 is 0 Å². The van der Waals surface area contributed by atoms with E-state index in [0.29, 0.717) is 0 Å². The highest BCUT2D eigenvalue weighted by atomic mass is 15.5. The number of hydrogen-bond acceptors (Lipinski definition) is 3. The van der Waals surface area contributed by atoms with Gasteiger partial charge in [-0.15, -0.1) is 0 Å². The number of benzene rings is 1. The smallest absolute Gasteiger partial charge is 0.0539 e. The van der Waals surface area contributed by atoms with Gasteiger partial charge >= 0.3 is 0 Å². The zero-order valence-corrected chi connectivity index (χ0v) is 9.29. The Labute approximate surface area is 91.2 Å². The first kappa shape index (κ1) is 10.3. The second-order valence-electron chi connectivity index (χ2n) is 4.23. The van der Waals surface area contributed by atoms with Crippen molar-refractivity contribution in [2.45, 2.75) is 26.2 Å². The number of anilines is 2. The second kappa shape index (κ2) is 4.53. The van der Waals surface area contributed by atoms with E-state index in [1.807, 2.05) is 12.1 Å². The summed E-state index contributed by atoms with van der Waals surface area (Å²) in [6.07, 6.45) is 3.93. The van der Waals surface area contributed by atoms with Gasteiger partial charge in [0.15, 0.2) is 0 Å². The first-order chi connectivity index (χ1) is 7.25. The molecule has 0 atom stereocenters. The summed E-state index contributed by atoms with van der Waals surface area (Å²) in [5.41, 5.74) is 12.4. The lowest BCUT2D eigenvalue weighted by atomic mass is 10.1. The zero-order valence-electron chi connectivity index (χ0n) is 9.29. The van der Waals surface area contributed by atoms with E-state index in [9.17, 15) is 0 Å². The Bertz CT molecular complexity index is 330. The van der Waals surface area contributed by atoms with Gasteiger partial charge in [0.2, 0.25) is 0 Å². The van der Waals surface area contributed by atoms with Crippen molar-refractivity contribution >= 4 is 11.4 Å². The van der Waals surface area contributed by atoms with E-state index in [2.05, 4.69) is 23.4 Å². The molecule has 0 aromatic heterocycles. The minimum atomic E-state index is 0.820. The molecule has 1 aliphatic heterocycles. The molecule has 0 spiro atoms. The van der Waals surface area contributed by atoms with Crippen LogP contribution in [-0.2, 0) is 0 Å². The Morgan fingerprint density at radius 2 is 1.93 bits per heavy atom. The van der Waals surface area contributed by atoms with Crippen molar-refractivity contribution in [1.82, 2.24) is 5.01 Å². The number of nitrogens with one attached hydrogen (secondary N) is 1. The van der Waals surface area contributed by atoms with E-state index < -0.39 is 0 Å². The molecular weight excluding hydrogens is 186 g/mol. The molecule has 0 amide bonds. The number of rotatable bonds is 2. The molecule has 1 aliphatic rings. The van der Waals surface area contributed by atoms with Crippen LogP contribution in [0.4, 0.5) is 11.4 Å². The second-order valence-corrected chi connectivity index (χ2v) is 4.23. The van der Waals surface area contributed by atoms with Crippen molar-refractivity contribution in [3.63, 3.8) is 0 Å². The summed E-state index contributed by atoms with van der Waals surface area (Å²) in [7, 11) is 0. The van der Waals surface area contributed by atoms with E-state index in [1.165, 1.54) is 24.8 Å². The summed E-state index contributed by atoms with van der Waals surface area (Å²) < 4.78 is 0. The highest BCUT2D eigenvalue weighted by Gasteiger charge is 2.10. The number of hydrazine groups is 1. The molecule has 0 unspecified atom stereocenters. The van der Waals surface area contributed by atoms with Crippen LogP contribution in [0.2, 0.25) is 0 Å². The lowest BCUT2D eigenvalue weighted by Gasteiger charge is -2.28. The minimum Gasteiger partial charge on any atom is -0.399 e. The van der Waals surface area contributed by atoms with E-state index in [0.717, 1.165) is 24.5 Å². The number of piperidine rings is 1. The summed E-state index contributed by atoms with van der Waals surface area (Å²) in [5, 5.41) is 2.28. The van der Waals surface area contributed by atoms with Crippen LogP contribution in [0, 0.1) is 6.92 Å². The number of nitrogen functional groups attached to an aromatic ring is 1. The van der Waals surface area contributed by atoms with Crippen LogP contribution in [0.25, 0.3) is 0 Å². The molecule has 0 bridgehead atoms. The fraction of sp³-hybridized carbons (Fsp3) is 0.500. The van der Waals surface area contributed by atoms with Gasteiger partial charge in [0.25, 0.3) is 0 Å². The highest BCUT2D eigenvalue weighted by molar-refractivity contribution is 5.58. The first-order valence-corrected chi connectivity index (χ1v) is 5.63. The molecule has 1 aromatic carbocycles. The SMILES string of the molecule is Cc1ccc(N)cc1NN1CCCCC1.